The van der Waals surface area contributed by atoms with Gasteiger partial charge in [-0.25, -0.2) is 21.1 Å². The highest BCUT2D eigenvalue weighted by Crippen LogP contribution is 2.19. The molecule has 3 aromatic rings. The second kappa shape index (κ2) is 9.99. The molecule has 3 rings (SSSR count). The number of amides is 1. The van der Waals surface area contributed by atoms with Crippen LogP contribution in [-0.2, 0) is 20.0 Å². The summed E-state index contributed by atoms with van der Waals surface area (Å²) in [6.07, 6.45) is 1.48. The maximum absolute atomic E-state index is 12.5. The topological polar surface area (TPSA) is 113 Å². The fourth-order valence-corrected chi connectivity index (χ4v) is 4.59. The van der Waals surface area contributed by atoms with Crippen molar-refractivity contribution in [3.8, 4) is 0 Å². The lowest BCUT2D eigenvalue weighted by molar-refractivity contribution is 0.102. The van der Waals surface area contributed by atoms with Crippen molar-refractivity contribution >= 4 is 43.4 Å². The summed E-state index contributed by atoms with van der Waals surface area (Å²) in [5, 5.41) is 3.71. The lowest BCUT2D eigenvalue weighted by atomic mass is 10.2. The summed E-state index contributed by atoms with van der Waals surface area (Å²) < 4.78 is 52.6. The Hall–Kier alpha value is -3.47. The van der Waals surface area contributed by atoms with Gasteiger partial charge in [-0.2, -0.15) is 0 Å². The quantitative estimate of drug-likeness (QED) is 0.506. The molecule has 33 heavy (non-hydrogen) atoms. The third-order valence-electron chi connectivity index (χ3n) is 4.52. The van der Waals surface area contributed by atoms with Gasteiger partial charge >= 0.3 is 0 Å². The van der Waals surface area contributed by atoms with Gasteiger partial charge in [-0.05, 0) is 54.1 Å². The fourth-order valence-electron chi connectivity index (χ4n) is 2.77. The van der Waals surface area contributed by atoms with Crippen LogP contribution in [0.1, 0.15) is 15.9 Å². The molecule has 0 bridgehead atoms. The van der Waals surface area contributed by atoms with Crippen molar-refractivity contribution in [2.24, 2.45) is 0 Å². The highest BCUT2D eigenvalue weighted by molar-refractivity contribution is 7.95. The zero-order valence-corrected chi connectivity index (χ0v) is 19.6. The Kier molecular flexibility index (Phi) is 7.32. The van der Waals surface area contributed by atoms with Crippen LogP contribution in [0.5, 0.6) is 0 Å². The summed E-state index contributed by atoms with van der Waals surface area (Å²) in [4.78, 5) is 12.6. The smallest absolute Gasteiger partial charge is 0.255 e. The van der Waals surface area contributed by atoms with E-state index in [1.54, 1.807) is 30.3 Å². The first-order valence-corrected chi connectivity index (χ1v) is 12.8. The van der Waals surface area contributed by atoms with Gasteiger partial charge in [-0.1, -0.05) is 36.4 Å². The van der Waals surface area contributed by atoms with Crippen molar-refractivity contribution in [3.63, 3.8) is 0 Å². The molecule has 0 aliphatic carbocycles. The minimum Gasteiger partial charge on any atom is -0.322 e. The maximum Gasteiger partial charge on any atom is 0.255 e. The zero-order chi connectivity index (χ0) is 24.1. The second-order valence-electron chi connectivity index (χ2n) is 7.21. The number of nitrogens with zero attached hydrogens (tertiary/aromatic N) is 1. The zero-order valence-electron chi connectivity index (χ0n) is 18.0. The predicted molar refractivity (Wildman–Crippen MR) is 130 cm³/mol. The number of benzene rings is 3. The molecule has 0 radical (unpaired) electrons. The first-order valence-electron chi connectivity index (χ1n) is 9.77. The van der Waals surface area contributed by atoms with E-state index in [4.69, 9.17) is 0 Å². The fraction of sp³-hybridized carbons (Fsp3) is 0.0870. The summed E-state index contributed by atoms with van der Waals surface area (Å²) >= 11 is 0. The van der Waals surface area contributed by atoms with E-state index in [-0.39, 0.29) is 10.5 Å². The SMILES string of the molecule is CN(C)S(=O)(=O)c1cccc(NC(=O)c2ccc(NS(=O)(=O)C=Cc3ccccc3)cc2)c1. The Morgan fingerprint density at radius 2 is 1.48 bits per heavy atom. The van der Waals surface area contributed by atoms with Crippen molar-refractivity contribution in [3.05, 3.63) is 95.4 Å². The maximum atomic E-state index is 12.5. The van der Waals surface area contributed by atoms with Crippen LogP contribution in [0, 0.1) is 0 Å². The van der Waals surface area contributed by atoms with E-state index >= 15 is 0 Å². The molecule has 2 N–H and O–H groups in total. The van der Waals surface area contributed by atoms with E-state index in [2.05, 4.69) is 10.0 Å². The van der Waals surface area contributed by atoms with Gasteiger partial charge in [0.15, 0.2) is 0 Å². The molecule has 0 spiro atoms. The predicted octanol–water partition coefficient (Wildman–Crippen LogP) is 3.60. The minimum atomic E-state index is -3.73. The van der Waals surface area contributed by atoms with Crippen LogP contribution < -0.4 is 10.0 Å². The third kappa shape index (κ3) is 6.51. The lowest BCUT2D eigenvalue weighted by Gasteiger charge is -2.13. The average Bonchev–Trinajstić information content (AvgIpc) is 2.79. The molecule has 3 aromatic carbocycles. The Labute approximate surface area is 193 Å². The molecule has 0 aromatic heterocycles. The summed E-state index contributed by atoms with van der Waals surface area (Å²) in [5.74, 6) is -0.465. The van der Waals surface area contributed by atoms with E-state index < -0.39 is 26.0 Å². The van der Waals surface area contributed by atoms with Crippen LogP contribution >= 0.6 is 0 Å². The Morgan fingerprint density at radius 1 is 0.818 bits per heavy atom. The monoisotopic (exact) mass is 485 g/mol. The highest BCUT2D eigenvalue weighted by Gasteiger charge is 2.18. The van der Waals surface area contributed by atoms with Gasteiger partial charge in [0.1, 0.15) is 0 Å². The molecule has 172 valence electrons. The van der Waals surface area contributed by atoms with Crippen LogP contribution in [-0.4, -0.2) is 41.1 Å². The number of hydrogen-bond acceptors (Lipinski definition) is 5. The number of hydrogen-bond donors (Lipinski definition) is 2. The lowest BCUT2D eigenvalue weighted by Crippen LogP contribution is -2.22. The minimum absolute atomic E-state index is 0.0543. The van der Waals surface area contributed by atoms with Crippen LogP contribution in [0.4, 0.5) is 11.4 Å². The van der Waals surface area contributed by atoms with Crippen LogP contribution in [0.2, 0.25) is 0 Å². The summed E-state index contributed by atoms with van der Waals surface area (Å²) in [6, 6.07) is 20.8. The largest absolute Gasteiger partial charge is 0.322 e. The molecule has 0 atom stereocenters. The average molecular weight is 486 g/mol. The van der Waals surface area contributed by atoms with Gasteiger partial charge in [0.25, 0.3) is 15.9 Å². The van der Waals surface area contributed by atoms with E-state index in [9.17, 15) is 21.6 Å². The molecular weight excluding hydrogens is 462 g/mol. The molecule has 0 aliphatic heterocycles. The van der Waals surface area contributed by atoms with E-state index in [1.807, 2.05) is 6.07 Å². The summed E-state index contributed by atoms with van der Waals surface area (Å²) in [5.41, 5.74) is 1.64. The van der Waals surface area contributed by atoms with Gasteiger partial charge in [0.05, 0.1) is 10.3 Å². The number of carbonyl (C=O) groups is 1. The molecule has 10 heteroatoms. The first kappa shape index (κ1) is 24.2. The molecule has 0 unspecified atom stereocenters. The molecular formula is C23H23N3O5S2. The number of rotatable bonds is 8. The van der Waals surface area contributed by atoms with Gasteiger partial charge < -0.3 is 5.32 Å². The van der Waals surface area contributed by atoms with Gasteiger partial charge in [-0.3, -0.25) is 9.52 Å². The Balaban J connectivity index is 1.68. The first-order chi connectivity index (χ1) is 15.6. The molecule has 8 nitrogen and oxygen atoms in total. The van der Waals surface area contributed by atoms with E-state index in [1.165, 1.54) is 62.6 Å². The van der Waals surface area contributed by atoms with Crippen molar-refractivity contribution in [1.29, 1.82) is 0 Å². The number of carbonyl (C=O) groups excluding carboxylic acids is 1. The van der Waals surface area contributed by atoms with E-state index in [0.29, 0.717) is 11.4 Å². The summed E-state index contributed by atoms with van der Waals surface area (Å²) in [6.45, 7) is 0. The Bertz CT molecular complexity index is 1370. The van der Waals surface area contributed by atoms with Crippen LogP contribution in [0.15, 0.2) is 89.2 Å². The molecule has 0 heterocycles. The molecule has 0 aliphatic rings. The van der Waals surface area contributed by atoms with E-state index in [0.717, 1.165) is 15.3 Å². The molecule has 1 amide bonds. The Morgan fingerprint density at radius 3 is 2.12 bits per heavy atom. The molecule has 0 fully saturated rings. The summed E-state index contributed by atoms with van der Waals surface area (Å²) in [7, 11) is -4.52. The van der Waals surface area contributed by atoms with Crippen molar-refractivity contribution in [2.45, 2.75) is 4.90 Å². The van der Waals surface area contributed by atoms with Crippen molar-refractivity contribution in [2.75, 3.05) is 24.1 Å². The highest BCUT2D eigenvalue weighted by atomic mass is 32.2. The van der Waals surface area contributed by atoms with Gasteiger partial charge in [0, 0.05) is 31.0 Å². The van der Waals surface area contributed by atoms with Crippen molar-refractivity contribution < 1.29 is 21.6 Å². The van der Waals surface area contributed by atoms with Crippen molar-refractivity contribution in [1.82, 2.24) is 4.31 Å². The van der Waals surface area contributed by atoms with Crippen LogP contribution in [0.3, 0.4) is 0 Å². The van der Waals surface area contributed by atoms with Gasteiger partial charge in [0.2, 0.25) is 10.0 Å². The number of nitrogens with one attached hydrogen (secondary N) is 2. The van der Waals surface area contributed by atoms with Gasteiger partial charge in [-0.15, -0.1) is 0 Å². The molecule has 0 saturated heterocycles. The number of sulfonamides is 2. The van der Waals surface area contributed by atoms with Crippen LogP contribution in [0.25, 0.3) is 6.08 Å². The molecule has 0 saturated carbocycles. The normalized spacial score (nSPS) is 12.1. The third-order valence-corrected chi connectivity index (χ3v) is 7.34. The standard InChI is InChI=1S/C23H23N3O5S2/c1-26(2)33(30,31)22-10-6-9-21(17-22)24-23(27)19-11-13-20(14-12-19)25-32(28,29)16-15-18-7-4-3-5-8-18/h3-17,25H,1-2H3,(H,24,27). The number of anilines is 2. The second-order valence-corrected chi connectivity index (χ2v) is 10.9.